The van der Waals surface area contributed by atoms with Gasteiger partial charge in [0.2, 0.25) is 0 Å². The Morgan fingerprint density at radius 3 is 2.62 bits per heavy atom. The smallest absolute Gasteiger partial charge is 0.000256 e. The molecule has 2 bridgehead atoms. The van der Waals surface area contributed by atoms with Crippen LogP contribution in [0.4, 0.5) is 0 Å². The monoisotopic (exact) mass is 240 g/mol. The number of hydrogen-bond acceptors (Lipinski definition) is 0. The van der Waals surface area contributed by atoms with Crippen molar-refractivity contribution in [2.75, 3.05) is 0 Å². The van der Waals surface area contributed by atoms with Gasteiger partial charge >= 0.3 is 0 Å². The van der Waals surface area contributed by atoms with Gasteiger partial charge in [0.25, 0.3) is 0 Å². The predicted molar refractivity (Wildman–Crippen MR) is 71.5 cm³/mol. The van der Waals surface area contributed by atoms with E-state index in [1.807, 2.05) is 0 Å². The molecule has 3 aliphatic carbocycles. The van der Waals surface area contributed by atoms with Crippen LogP contribution in [0.1, 0.15) is 52.9 Å². The molecule has 0 aliphatic heterocycles. The maximum Gasteiger partial charge on any atom is 0.000256 e. The van der Waals surface area contributed by atoms with Crippen molar-refractivity contribution in [1.29, 1.82) is 0 Å². The Morgan fingerprint density at radius 1 is 1.38 bits per heavy atom. The molecule has 4 atom stereocenters. The molecule has 3 rings (SSSR count). The highest BCUT2D eigenvalue weighted by atomic mass is 35.5. The molecule has 0 heterocycles. The second-order valence-electron chi connectivity index (χ2n) is 6.37. The molecule has 1 heteroatoms. The maximum atomic E-state index is 5.66. The Balaban J connectivity index is 2.02. The fourth-order valence-corrected chi connectivity index (χ4v) is 4.41. The van der Waals surface area contributed by atoms with Gasteiger partial charge in [-0.25, -0.2) is 0 Å². The molecule has 0 nitrogen and oxygen atoms in total. The lowest BCUT2D eigenvalue weighted by atomic mass is 9.44. The number of allylic oxidation sites excluding steroid dienone is 1. The predicted octanol–water partition coefficient (Wildman–Crippen LogP) is 5.23. The molecule has 0 aromatic heterocycles. The molecule has 4 unspecified atom stereocenters. The summed E-state index contributed by atoms with van der Waals surface area (Å²) in [5, 5.41) is 0. The third kappa shape index (κ3) is 1.94. The van der Waals surface area contributed by atoms with Gasteiger partial charge in [-0.15, -0.1) is 0 Å². The minimum atomic E-state index is 0.626. The Morgan fingerprint density at radius 2 is 2.12 bits per heavy atom. The van der Waals surface area contributed by atoms with Crippen LogP contribution in [0.25, 0.3) is 0 Å². The van der Waals surface area contributed by atoms with E-state index in [1.165, 1.54) is 32.1 Å². The van der Waals surface area contributed by atoms with Crippen molar-refractivity contribution < 1.29 is 0 Å². The van der Waals surface area contributed by atoms with Gasteiger partial charge < -0.3 is 0 Å². The van der Waals surface area contributed by atoms with E-state index in [0.29, 0.717) is 5.41 Å². The molecule has 3 fully saturated rings. The van der Waals surface area contributed by atoms with Crippen LogP contribution in [0.15, 0.2) is 11.6 Å². The van der Waals surface area contributed by atoms with Gasteiger partial charge in [-0.2, -0.15) is 0 Å². The van der Waals surface area contributed by atoms with Crippen LogP contribution in [0.5, 0.6) is 0 Å². The summed E-state index contributed by atoms with van der Waals surface area (Å²) < 4.78 is 0. The second-order valence-corrected chi connectivity index (χ2v) is 6.62. The van der Waals surface area contributed by atoms with E-state index in [9.17, 15) is 0 Å². The lowest BCUT2D eigenvalue weighted by Gasteiger charge is -2.61. The zero-order valence-electron chi connectivity index (χ0n) is 10.9. The van der Waals surface area contributed by atoms with Gasteiger partial charge in [-0.1, -0.05) is 44.9 Å². The van der Waals surface area contributed by atoms with Crippen molar-refractivity contribution in [3.05, 3.63) is 11.6 Å². The lowest BCUT2D eigenvalue weighted by Crippen LogP contribution is -2.53. The summed E-state index contributed by atoms with van der Waals surface area (Å²) in [6.45, 7) is 7.31. The SMILES string of the molecule is CCC(CC=CCl)C1CCC2CC1C2(C)C. The molecular weight excluding hydrogens is 216 g/mol. The van der Waals surface area contributed by atoms with Crippen LogP contribution in [0, 0.1) is 29.1 Å². The summed E-state index contributed by atoms with van der Waals surface area (Å²) in [5.74, 6) is 3.83. The first-order valence-corrected chi connectivity index (χ1v) is 7.30. The molecule has 0 saturated heterocycles. The first-order chi connectivity index (χ1) is 7.61. The summed E-state index contributed by atoms with van der Waals surface area (Å²) in [4.78, 5) is 0. The fraction of sp³-hybridized carbons (Fsp3) is 0.867. The number of hydrogen-bond donors (Lipinski definition) is 0. The van der Waals surface area contributed by atoms with Gasteiger partial charge in [-0.05, 0) is 54.8 Å². The highest BCUT2D eigenvalue weighted by Gasteiger charge is 2.55. The standard InChI is InChI=1S/C15H25Cl/c1-4-11(6-5-9-16)13-8-7-12-10-14(13)15(12,2)3/h5,9,11-14H,4,6-8,10H2,1-3H3. The molecule has 0 spiro atoms. The molecule has 0 N–H and O–H groups in total. The van der Waals surface area contributed by atoms with Crippen molar-refractivity contribution in [2.24, 2.45) is 29.1 Å². The zero-order valence-corrected chi connectivity index (χ0v) is 11.6. The van der Waals surface area contributed by atoms with E-state index in [4.69, 9.17) is 11.6 Å². The normalized spacial score (nSPS) is 38.4. The Hall–Kier alpha value is 0.0300. The molecule has 16 heavy (non-hydrogen) atoms. The number of fused-ring (bicyclic) bond motifs is 2. The van der Waals surface area contributed by atoms with Gasteiger partial charge in [0.15, 0.2) is 0 Å². The van der Waals surface area contributed by atoms with E-state index in [-0.39, 0.29) is 0 Å². The third-order valence-corrected chi connectivity index (χ3v) is 5.75. The Labute approximate surface area is 105 Å². The van der Waals surface area contributed by atoms with Crippen LogP contribution in [-0.4, -0.2) is 0 Å². The molecule has 0 aromatic carbocycles. The summed E-state index contributed by atoms with van der Waals surface area (Å²) in [5.41, 5.74) is 2.32. The van der Waals surface area contributed by atoms with Crippen molar-refractivity contribution in [3.8, 4) is 0 Å². The van der Waals surface area contributed by atoms with E-state index in [1.54, 1.807) is 5.54 Å². The molecular formula is C15H25Cl. The average Bonchev–Trinajstić information content (AvgIpc) is 2.30. The van der Waals surface area contributed by atoms with Gasteiger partial charge in [0, 0.05) is 5.54 Å². The third-order valence-electron chi connectivity index (χ3n) is 5.57. The van der Waals surface area contributed by atoms with Crippen molar-refractivity contribution in [1.82, 2.24) is 0 Å². The van der Waals surface area contributed by atoms with Gasteiger partial charge in [0.1, 0.15) is 0 Å². The fourth-order valence-electron chi connectivity index (χ4n) is 4.30. The average molecular weight is 241 g/mol. The van der Waals surface area contributed by atoms with E-state index in [2.05, 4.69) is 26.8 Å². The molecule has 3 aliphatic rings. The topological polar surface area (TPSA) is 0 Å². The molecule has 0 amide bonds. The molecule has 0 aromatic rings. The summed E-state index contributed by atoms with van der Waals surface area (Å²) >= 11 is 5.66. The first kappa shape index (κ1) is 12.5. The van der Waals surface area contributed by atoms with E-state index in [0.717, 1.165) is 23.7 Å². The van der Waals surface area contributed by atoms with Gasteiger partial charge in [0.05, 0.1) is 0 Å². The minimum absolute atomic E-state index is 0.626. The largest absolute Gasteiger partial charge is 0.0933 e. The quantitative estimate of drug-likeness (QED) is 0.632. The van der Waals surface area contributed by atoms with E-state index >= 15 is 0 Å². The van der Waals surface area contributed by atoms with Crippen LogP contribution >= 0.6 is 11.6 Å². The summed E-state index contributed by atoms with van der Waals surface area (Å²) in [7, 11) is 0. The van der Waals surface area contributed by atoms with Crippen molar-refractivity contribution in [3.63, 3.8) is 0 Å². The second kappa shape index (κ2) is 4.72. The van der Waals surface area contributed by atoms with Crippen LogP contribution in [-0.2, 0) is 0 Å². The zero-order chi connectivity index (χ0) is 11.8. The Kier molecular flexibility index (Phi) is 3.69. The highest BCUT2D eigenvalue weighted by Crippen LogP contribution is 2.63. The van der Waals surface area contributed by atoms with Crippen molar-refractivity contribution in [2.45, 2.75) is 52.9 Å². The van der Waals surface area contributed by atoms with Crippen molar-refractivity contribution >= 4 is 11.6 Å². The number of rotatable bonds is 4. The molecule has 0 radical (unpaired) electrons. The highest BCUT2D eigenvalue weighted by molar-refractivity contribution is 6.25. The Bertz CT molecular complexity index is 265. The van der Waals surface area contributed by atoms with Crippen LogP contribution in [0.3, 0.4) is 0 Å². The van der Waals surface area contributed by atoms with Crippen LogP contribution in [0.2, 0.25) is 0 Å². The minimum Gasteiger partial charge on any atom is -0.0933 e. The maximum absolute atomic E-state index is 5.66. The lowest BCUT2D eigenvalue weighted by molar-refractivity contribution is -0.121. The first-order valence-electron chi connectivity index (χ1n) is 6.86. The van der Waals surface area contributed by atoms with Crippen LogP contribution < -0.4 is 0 Å². The molecule has 3 saturated carbocycles. The number of halogens is 1. The summed E-state index contributed by atoms with van der Waals surface area (Å²) in [6, 6.07) is 0. The summed E-state index contributed by atoms with van der Waals surface area (Å²) in [6.07, 6.45) is 9.07. The molecule has 92 valence electrons. The van der Waals surface area contributed by atoms with Gasteiger partial charge in [-0.3, -0.25) is 0 Å². The van der Waals surface area contributed by atoms with E-state index < -0.39 is 0 Å².